The van der Waals surface area contributed by atoms with E-state index in [4.69, 9.17) is 0 Å². The van der Waals surface area contributed by atoms with Crippen molar-refractivity contribution in [2.75, 3.05) is 38.1 Å². The maximum absolute atomic E-state index is 13.0. The number of hydrogen-bond acceptors (Lipinski definition) is 6. The highest BCUT2D eigenvalue weighted by molar-refractivity contribution is 6.11. The maximum atomic E-state index is 13.0. The number of amides is 2. The first kappa shape index (κ1) is 21.7. The van der Waals surface area contributed by atoms with Gasteiger partial charge in [0.25, 0.3) is 11.6 Å². The van der Waals surface area contributed by atoms with Gasteiger partial charge in [0.2, 0.25) is 5.91 Å². The Morgan fingerprint density at radius 1 is 1.17 bits per heavy atom. The highest BCUT2D eigenvalue weighted by Crippen LogP contribution is 2.39. The predicted molar refractivity (Wildman–Crippen MR) is 113 cm³/mol. The average molecular weight is 432 g/mol. The van der Waals surface area contributed by atoms with Gasteiger partial charge in [0.15, 0.2) is 0 Å². The summed E-state index contributed by atoms with van der Waals surface area (Å²) in [5.74, 6) is 0.0330. The van der Waals surface area contributed by atoms with Crippen molar-refractivity contribution < 1.29 is 14.5 Å². The molecule has 0 saturated carbocycles. The summed E-state index contributed by atoms with van der Waals surface area (Å²) in [6.45, 7) is 2.96. The quantitative estimate of drug-likeness (QED) is 0.544. The first-order valence-corrected chi connectivity index (χ1v) is 9.45. The van der Waals surface area contributed by atoms with E-state index in [1.165, 1.54) is 17.0 Å². The van der Waals surface area contributed by atoms with E-state index in [0.717, 1.165) is 24.8 Å². The number of aromatic nitrogens is 1. The molecule has 30 heavy (non-hydrogen) atoms. The maximum Gasteiger partial charge on any atom is 0.287 e. The van der Waals surface area contributed by atoms with Gasteiger partial charge in [0, 0.05) is 37.8 Å². The number of pyridine rings is 1. The van der Waals surface area contributed by atoms with Crippen LogP contribution < -0.4 is 4.90 Å². The predicted octanol–water partition coefficient (Wildman–Crippen LogP) is 2.28. The van der Waals surface area contributed by atoms with Crippen LogP contribution in [-0.4, -0.2) is 64.7 Å². The molecule has 1 atom stereocenters. The van der Waals surface area contributed by atoms with E-state index >= 15 is 0 Å². The number of hydrogen-bond donors (Lipinski definition) is 0. The van der Waals surface area contributed by atoms with Crippen LogP contribution >= 0.6 is 12.4 Å². The van der Waals surface area contributed by atoms with Crippen LogP contribution in [0.15, 0.2) is 42.6 Å². The fourth-order valence-corrected chi connectivity index (χ4v) is 3.84. The highest BCUT2D eigenvalue weighted by Gasteiger charge is 2.40. The van der Waals surface area contributed by atoms with E-state index in [9.17, 15) is 19.7 Å². The lowest BCUT2D eigenvalue weighted by Crippen LogP contribution is -2.47. The Morgan fingerprint density at radius 2 is 1.87 bits per heavy atom. The number of rotatable bonds is 4. The molecule has 1 aromatic heterocycles. The lowest BCUT2D eigenvalue weighted by Gasteiger charge is -2.34. The van der Waals surface area contributed by atoms with Crippen LogP contribution in [0.4, 0.5) is 11.5 Å². The van der Waals surface area contributed by atoms with Gasteiger partial charge in [-0.25, -0.2) is 4.98 Å². The molecule has 9 nitrogen and oxygen atoms in total. The molecule has 2 aromatic rings. The van der Waals surface area contributed by atoms with Crippen molar-refractivity contribution in [2.24, 2.45) is 0 Å². The number of likely N-dealkylation sites (N-methyl/N-ethyl adjacent to an activating group) is 1. The van der Waals surface area contributed by atoms with E-state index in [0.29, 0.717) is 24.5 Å². The molecule has 0 aliphatic carbocycles. The Kier molecular flexibility index (Phi) is 6.33. The monoisotopic (exact) mass is 431 g/mol. The Morgan fingerprint density at radius 3 is 2.50 bits per heavy atom. The summed E-state index contributed by atoms with van der Waals surface area (Å²) >= 11 is 0. The number of halogens is 1. The Balaban J connectivity index is 0.00000256. The van der Waals surface area contributed by atoms with E-state index < -0.39 is 11.0 Å². The molecule has 1 unspecified atom stereocenters. The fraction of sp³-hybridized carbons (Fsp3) is 0.350. The summed E-state index contributed by atoms with van der Waals surface area (Å²) in [4.78, 5) is 46.0. The van der Waals surface area contributed by atoms with E-state index in [-0.39, 0.29) is 36.3 Å². The second kappa shape index (κ2) is 8.76. The topological polar surface area (TPSA) is 99.9 Å². The van der Waals surface area contributed by atoms with Gasteiger partial charge < -0.3 is 9.80 Å². The average Bonchev–Trinajstić information content (AvgIpc) is 3.00. The zero-order valence-corrected chi connectivity index (χ0v) is 17.2. The number of carbonyl (C=O) groups excluding carboxylic acids is 2. The molecule has 1 fully saturated rings. The highest BCUT2D eigenvalue weighted by atomic mass is 35.5. The number of anilines is 1. The molecule has 0 bridgehead atoms. The van der Waals surface area contributed by atoms with Gasteiger partial charge in [-0.3, -0.25) is 24.6 Å². The molecule has 10 heteroatoms. The number of nitrogens with zero attached hydrogens (tertiary/aromatic N) is 5. The number of piperazine rings is 1. The SMILES string of the molecule is CN1CCN(C(=O)CC2c3ccccc3C(=O)N2c2ccc([N+](=O)[O-])cn2)CC1.Cl. The number of fused-ring (bicyclic) bond motifs is 1. The summed E-state index contributed by atoms with van der Waals surface area (Å²) in [5, 5.41) is 10.9. The molecule has 1 saturated heterocycles. The van der Waals surface area contributed by atoms with Crippen LogP contribution in [0, 0.1) is 10.1 Å². The zero-order valence-electron chi connectivity index (χ0n) is 16.4. The van der Waals surface area contributed by atoms with E-state index in [2.05, 4.69) is 9.88 Å². The normalized spacial score (nSPS) is 18.7. The first-order chi connectivity index (χ1) is 14.0. The van der Waals surface area contributed by atoms with Crippen molar-refractivity contribution in [2.45, 2.75) is 12.5 Å². The number of nitro groups is 1. The lowest BCUT2D eigenvalue weighted by molar-refractivity contribution is -0.385. The van der Waals surface area contributed by atoms with Crippen molar-refractivity contribution in [3.63, 3.8) is 0 Å². The molecular weight excluding hydrogens is 410 g/mol. The second-order valence-electron chi connectivity index (χ2n) is 7.30. The van der Waals surface area contributed by atoms with Crippen molar-refractivity contribution in [3.05, 3.63) is 63.8 Å². The molecule has 0 N–H and O–H groups in total. The van der Waals surface area contributed by atoms with Crippen LogP contribution in [0.3, 0.4) is 0 Å². The minimum Gasteiger partial charge on any atom is -0.340 e. The van der Waals surface area contributed by atoms with Crippen LogP contribution in [0.1, 0.15) is 28.4 Å². The van der Waals surface area contributed by atoms with Crippen LogP contribution in [0.5, 0.6) is 0 Å². The van der Waals surface area contributed by atoms with Gasteiger partial charge in [-0.05, 0) is 24.7 Å². The minimum atomic E-state index is -0.536. The third-order valence-corrected chi connectivity index (χ3v) is 5.49. The smallest absolute Gasteiger partial charge is 0.287 e. The third kappa shape index (κ3) is 3.99. The molecule has 4 rings (SSSR count). The summed E-state index contributed by atoms with van der Waals surface area (Å²) in [6.07, 6.45) is 1.27. The molecule has 0 radical (unpaired) electrons. The van der Waals surface area contributed by atoms with Crippen LogP contribution in [-0.2, 0) is 4.79 Å². The zero-order chi connectivity index (χ0) is 20.5. The summed E-state index contributed by atoms with van der Waals surface area (Å²) in [5.41, 5.74) is 1.16. The molecule has 2 aliphatic rings. The van der Waals surface area contributed by atoms with Crippen molar-refractivity contribution in [1.29, 1.82) is 0 Å². The summed E-state index contributed by atoms with van der Waals surface area (Å²) < 4.78 is 0. The van der Waals surface area contributed by atoms with Gasteiger partial charge in [0.05, 0.1) is 17.4 Å². The number of carbonyl (C=O) groups is 2. The van der Waals surface area contributed by atoms with Crippen molar-refractivity contribution >= 4 is 35.7 Å². The molecule has 3 heterocycles. The number of benzene rings is 1. The molecule has 0 spiro atoms. The molecular formula is C20H22ClN5O4. The largest absolute Gasteiger partial charge is 0.340 e. The molecule has 1 aromatic carbocycles. The van der Waals surface area contributed by atoms with Gasteiger partial charge in [-0.15, -0.1) is 12.4 Å². The molecule has 2 amide bonds. The third-order valence-electron chi connectivity index (χ3n) is 5.49. The van der Waals surface area contributed by atoms with Gasteiger partial charge in [-0.1, -0.05) is 18.2 Å². The van der Waals surface area contributed by atoms with Crippen molar-refractivity contribution in [3.8, 4) is 0 Å². The van der Waals surface area contributed by atoms with Crippen LogP contribution in [0.25, 0.3) is 0 Å². The molecule has 158 valence electrons. The first-order valence-electron chi connectivity index (χ1n) is 9.45. The van der Waals surface area contributed by atoms with Crippen LogP contribution in [0.2, 0.25) is 0 Å². The van der Waals surface area contributed by atoms with E-state index in [1.54, 1.807) is 12.1 Å². The lowest BCUT2D eigenvalue weighted by atomic mass is 10.0. The summed E-state index contributed by atoms with van der Waals surface area (Å²) in [7, 11) is 2.02. The minimum absolute atomic E-state index is 0. The molecule has 2 aliphatic heterocycles. The second-order valence-corrected chi connectivity index (χ2v) is 7.30. The van der Waals surface area contributed by atoms with Gasteiger partial charge in [0.1, 0.15) is 12.0 Å². The Labute approximate surface area is 179 Å². The summed E-state index contributed by atoms with van der Waals surface area (Å²) in [6, 6.07) is 9.49. The van der Waals surface area contributed by atoms with E-state index in [1.807, 2.05) is 24.1 Å². The van der Waals surface area contributed by atoms with Gasteiger partial charge in [-0.2, -0.15) is 0 Å². The Hall–Kier alpha value is -3.04. The van der Waals surface area contributed by atoms with Crippen molar-refractivity contribution in [1.82, 2.24) is 14.8 Å². The Bertz CT molecular complexity index is 960. The standard InChI is InChI=1S/C20H21N5O4.ClH/c1-22-8-10-23(11-9-22)19(26)12-17-15-4-2-3-5-16(15)20(27)24(17)18-7-6-14(13-21-18)25(28)29;/h2-7,13,17H,8-12H2,1H3;1H. The fourth-order valence-electron chi connectivity index (χ4n) is 3.84. The van der Waals surface area contributed by atoms with Gasteiger partial charge >= 0.3 is 0 Å².